The van der Waals surface area contributed by atoms with Crippen molar-refractivity contribution < 1.29 is 14.6 Å². The number of cyclic esters (lactones) is 1. The predicted octanol–water partition coefficient (Wildman–Crippen LogP) is 3.13. The predicted molar refractivity (Wildman–Crippen MR) is 90.1 cm³/mol. The maximum Gasteiger partial charge on any atom is 0.413 e. The van der Waals surface area contributed by atoms with Crippen LogP contribution in [0.2, 0.25) is 0 Å². The number of nitrogens with zero attached hydrogens (tertiary/aromatic N) is 2. The largest absolute Gasteiger partial charge is 0.438 e. The van der Waals surface area contributed by atoms with E-state index in [2.05, 4.69) is 4.98 Å². The molecule has 1 aromatic carbocycles. The van der Waals surface area contributed by atoms with E-state index in [0.29, 0.717) is 12.1 Å². The number of carbonyl (C=O) groups excluding carboxylic acids is 1. The molecule has 0 unspecified atom stereocenters. The van der Waals surface area contributed by atoms with Crippen molar-refractivity contribution in [2.45, 2.75) is 44.6 Å². The topological polar surface area (TPSA) is 62.7 Å². The number of ether oxygens (including phenoxy) is 1. The van der Waals surface area contributed by atoms with Crippen LogP contribution >= 0.6 is 0 Å². The second kappa shape index (κ2) is 6.24. The number of aliphatic hydroxyl groups is 1. The van der Waals surface area contributed by atoms with E-state index in [1.54, 1.807) is 20.0 Å². The molecule has 3 rings (SSSR count). The molecular weight excluding hydrogens is 304 g/mol. The third-order valence-electron chi connectivity index (χ3n) is 4.84. The fraction of sp³-hybridized carbons (Fsp3) is 0.368. The summed E-state index contributed by atoms with van der Waals surface area (Å²) in [4.78, 5) is 17.9. The maximum absolute atomic E-state index is 12.3. The summed E-state index contributed by atoms with van der Waals surface area (Å²) in [6, 6.07) is 15.5. The summed E-state index contributed by atoms with van der Waals surface area (Å²) in [5.74, 6) is 0. The van der Waals surface area contributed by atoms with Crippen LogP contribution in [0.4, 0.5) is 4.79 Å². The van der Waals surface area contributed by atoms with Gasteiger partial charge in [-0.25, -0.2) is 4.79 Å². The molecule has 2 aromatic rings. The van der Waals surface area contributed by atoms with Crippen molar-refractivity contribution in [3.8, 4) is 0 Å². The van der Waals surface area contributed by atoms with Gasteiger partial charge in [0.2, 0.25) is 0 Å². The molecule has 0 aliphatic carbocycles. The fourth-order valence-electron chi connectivity index (χ4n) is 3.00. The SMILES string of the molecule is C[C@]1(O)N(Cc2ccccn2)C(=O)O[C@@]1(C)CCc1ccccc1. The van der Waals surface area contributed by atoms with Crippen molar-refractivity contribution in [3.05, 3.63) is 66.0 Å². The molecule has 5 nitrogen and oxygen atoms in total. The Kier molecular flexibility index (Phi) is 4.28. The molecule has 0 bridgehead atoms. The van der Waals surface area contributed by atoms with Crippen LogP contribution in [-0.4, -0.2) is 32.4 Å². The zero-order valence-electron chi connectivity index (χ0n) is 14.0. The smallest absolute Gasteiger partial charge is 0.413 e. The van der Waals surface area contributed by atoms with Gasteiger partial charge in [0, 0.05) is 6.20 Å². The average Bonchev–Trinajstić information content (AvgIpc) is 2.75. The van der Waals surface area contributed by atoms with E-state index in [1.807, 2.05) is 48.5 Å². The highest BCUT2D eigenvalue weighted by Crippen LogP contribution is 2.41. The van der Waals surface area contributed by atoms with Crippen molar-refractivity contribution >= 4 is 6.09 Å². The van der Waals surface area contributed by atoms with Gasteiger partial charge in [-0.2, -0.15) is 0 Å². The molecule has 1 aliphatic rings. The third kappa shape index (κ3) is 2.99. The molecule has 1 aliphatic heterocycles. The number of aryl methyl sites for hydroxylation is 1. The molecule has 1 fully saturated rings. The van der Waals surface area contributed by atoms with Gasteiger partial charge in [-0.3, -0.25) is 9.88 Å². The molecule has 5 heteroatoms. The molecular formula is C19H22N2O3. The lowest BCUT2D eigenvalue weighted by atomic mass is 9.87. The van der Waals surface area contributed by atoms with Crippen molar-refractivity contribution in [2.24, 2.45) is 0 Å². The van der Waals surface area contributed by atoms with Crippen molar-refractivity contribution in [3.63, 3.8) is 0 Å². The van der Waals surface area contributed by atoms with Crippen molar-refractivity contribution in [2.75, 3.05) is 0 Å². The highest BCUT2D eigenvalue weighted by Gasteiger charge is 2.58. The summed E-state index contributed by atoms with van der Waals surface area (Å²) < 4.78 is 5.58. The molecule has 1 N–H and O–H groups in total. The second-order valence-electron chi connectivity index (χ2n) is 6.51. The van der Waals surface area contributed by atoms with Crippen LogP contribution in [0, 0.1) is 0 Å². The van der Waals surface area contributed by atoms with Crippen LogP contribution < -0.4 is 0 Å². The third-order valence-corrected chi connectivity index (χ3v) is 4.84. The minimum Gasteiger partial charge on any atom is -0.438 e. The molecule has 1 aromatic heterocycles. The number of hydrogen-bond donors (Lipinski definition) is 1. The van der Waals surface area contributed by atoms with Crippen molar-refractivity contribution in [1.29, 1.82) is 0 Å². The summed E-state index contributed by atoms with van der Waals surface area (Å²) in [6.07, 6.45) is 2.41. The number of hydrogen-bond acceptors (Lipinski definition) is 4. The molecule has 1 saturated heterocycles. The summed E-state index contributed by atoms with van der Waals surface area (Å²) in [6.45, 7) is 3.63. The summed E-state index contributed by atoms with van der Waals surface area (Å²) in [5.41, 5.74) is -0.527. The van der Waals surface area contributed by atoms with Crippen LogP contribution in [0.15, 0.2) is 54.7 Å². The van der Waals surface area contributed by atoms with Crippen LogP contribution in [0.25, 0.3) is 0 Å². The Balaban J connectivity index is 1.76. The molecule has 24 heavy (non-hydrogen) atoms. The van der Waals surface area contributed by atoms with Crippen LogP contribution in [0.1, 0.15) is 31.5 Å². The first-order valence-corrected chi connectivity index (χ1v) is 8.09. The lowest BCUT2D eigenvalue weighted by Crippen LogP contribution is -2.54. The summed E-state index contributed by atoms with van der Waals surface area (Å²) in [5, 5.41) is 11.0. The first-order chi connectivity index (χ1) is 11.4. The maximum atomic E-state index is 12.3. The van der Waals surface area contributed by atoms with Crippen LogP contribution in [0.3, 0.4) is 0 Å². The van der Waals surface area contributed by atoms with Gasteiger partial charge in [-0.1, -0.05) is 36.4 Å². The van der Waals surface area contributed by atoms with Gasteiger partial charge in [0.1, 0.15) is 0 Å². The Bertz CT molecular complexity index is 700. The van der Waals surface area contributed by atoms with E-state index >= 15 is 0 Å². The lowest BCUT2D eigenvalue weighted by Gasteiger charge is -2.37. The van der Waals surface area contributed by atoms with Gasteiger partial charge in [0.05, 0.1) is 12.2 Å². The minimum atomic E-state index is -1.41. The lowest BCUT2D eigenvalue weighted by molar-refractivity contribution is -0.141. The molecule has 2 atom stereocenters. The number of aromatic nitrogens is 1. The van der Waals surface area contributed by atoms with Gasteiger partial charge in [-0.15, -0.1) is 0 Å². The Labute approximate surface area is 141 Å². The normalized spacial score (nSPS) is 26.5. The van der Waals surface area contributed by atoms with E-state index < -0.39 is 17.4 Å². The van der Waals surface area contributed by atoms with Gasteiger partial charge < -0.3 is 9.84 Å². The molecule has 0 spiro atoms. The van der Waals surface area contributed by atoms with E-state index in [4.69, 9.17) is 4.74 Å². The van der Waals surface area contributed by atoms with E-state index in [-0.39, 0.29) is 6.54 Å². The van der Waals surface area contributed by atoms with E-state index in [1.165, 1.54) is 4.90 Å². The zero-order valence-corrected chi connectivity index (χ0v) is 14.0. The second-order valence-corrected chi connectivity index (χ2v) is 6.51. The van der Waals surface area contributed by atoms with Crippen LogP contribution in [-0.2, 0) is 17.7 Å². The zero-order chi connectivity index (χ0) is 17.2. The molecule has 0 saturated carbocycles. The van der Waals surface area contributed by atoms with Gasteiger partial charge in [0.15, 0.2) is 11.3 Å². The monoisotopic (exact) mass is 326 g/mol. The van der Waals surface area contributed by atoms with E-state index in [9.17, 15) is 9.90 Å². The Hall–Kier alpha value is -2.40. The number of benzene rings is 1. The molecule has 0 radical (unpaired) electrons. The Morgan fingerprint density at radius 1 is 1.12 bits per heavy atom. The van der Waals surface area contributed by atoms with Crippen LogP contribution in [0.5, 0.6) is 0 Å². The Morgan fingerprint density at radius 3 is 2.50 bits per heavy atom. The number of amides is 1. The summed E-state index contributed by atoms with van der Waals surface area (Å²) in [7, 11) is 0. The molecule has 2 heterocycles. The highest BCUT2D eigenvalue weighted by molar-refractivity contribution is 5.72. The number of carbonyl (C=O) groups is 1. The molecule has 126 valence electrons. The fourth-order valence-corrected chi connectivity index (χ4v) is 3.00. The van der Waals surface area contributed by atoms with Gasteiger partial charge in [0.25, 0.3) is 0 Å². The first-order valence-electron chi connectivity index (χ1n) is 8.09. The summed E-state index contributed by atoms with van der Waals surface area (Å²) >= 11 is 0. The quantitative estimate of drug-likeness (QED) is 0.917. The first kappa shape index (κ1) is 16.5. The van der Waals surface area contributed by atoms with E-state index in [0.717, 1.165) is 12.0 Å². The van der Waals surface area contributed by atoms with Gasteiger partial charge in [-0.05, 0) is 44.4 Å². The minimum absolute atomic E-state index is 0.216. The van der Waals surface area contributed by atoms with Crippen molar-refractivity contribution in [1.82, 2.24) is 9.88 Å². The van der Waals surface area contributed by atoms with Gasteiger partial charge >= 0.3 is 6.09 Å². The highest BCUT2D eigenvalue weighted by atomic mass is 16.6. The Morgan fingerprint density at radius 2 is 1.83 bits per heavy atom. The number of pyridine rings is 1. The average molecular weight is 326 g/mol. The molecule has 1 amide bonds. The standard InChI is InChI=1S/C19H22N2O3/c1-18(12-11-15-8-4-3-5-9-15)19(2,23)21(17(22)24-18)14-16-10-6-7-13-20-16/h3-10,13,23H,11-12,14H2,1-2H3/t18-,19+/m0/s1. The number of rotatable bonds is 5.